The number of fused-ring (bicyclic) bond motifs is 1. The number of nitriles is 1. The van der Waals surface area contributed by atoms with Crippen LogP contribution in [0.1, 0.15) is 35.3 Å². The SMILES string of the molecule is Cc1ccc(C(=O)Nc2cccc(Nc3ncccc3-c3ncnc4[nH]ccc34)c2)cc1C(C)(C)C#N. The molecule has 0 bridgehead atoms. The predicted octanol–water partition coefficient (Wildman–Crippen LogP) is 6.13. The summed E-state index contributed by atoms with van der Waals surface area (Å²) >= 11 is 0. The number of aromatic nitrogens is 4. The molecular formula is C29H25N7O. The van der Waals surface area contributed by atoms with Crippen LogP contribution in [-0.2, 0) is 5.41 Å². The molecule has 37 heavy (non-hydrogen) atoms. The van der Waals surface area contributed by atoms with E-state index >= 15 is 0 Å². The maximum Gasteiger partial charge on any atom is 0.255 e. The molecule has 2 aromatic carbocycles. The Kier molecular flexibility index (Phi) is 6.12. The van der Waals surface area contributed by atoms with Crippen molar-refractivity contribution in [2.45, 2.75) is 26.2 Å². The first-order valence-corrected chi connectivity index (χ1v) is 11.8. The van der Waals surface area contributed by atoms with E-state index in [1.54, 1.807) is 18.3 Å². The largest absolute Gasteiger partial charge is 0.346 e. The zero-order valence-electron chi connectivity index (χ0n) is 20.7. The average Bonchev–Trinajstić information content (AvgIpc) is 3.39. The number of nitrogens with zero attached hydrogens (tertiary/aromatic N) is 4. The Balaban J connectivity index is 1.40. The molecular weight excluding hydrogens is 462 g/mol. The van der Waals surface area contributed by atoms with Gasteiger partial charge in [0.2, 0.25) is 0 Å². The number of rotatable bonds is 6. The maximum atomic E-state index is 13.1. The van der Waals surface area contributed by atoms with Crippen LogP contribution in [0.2, 0.25) is 0 Å². The van der Waals surface area contributed by atoms with E-state index in [0.717, 1.165) is 39.1 Å². The van der Waals surface area contributed by atoms with Gasteiger partial charge in [-0.05, 0) is 80.4 Å². The molecule has 0 spiro atoms. The summed E-state index contributed by atoms with van der Waals surface area (Å²) in [7, 11) is 0. The lowest BCUT2D eigenvalue weighted by atomic mass is 9.82. The zero-order valence-corrected chi connectivity index (χ0v) is 20.7. The van der Waals surface area contributed by atoms with Gasteiger partial charge in [-0.15, -0.1) is 0 Å². The first kappa shape index (κ1) is 23.7. The van der Waals surface area contributed by atoms with Gasteiger partial charge in [-0.1, -0.05) is 12.1 Å². The molecule has 0 fully saturated rings. The van der Waals surface area contributed by atoms with Gasteiger partial charge in [0.05, 0.1) is 17.2 Å². The molecule has 5 rings (SSSR count). The minimum Gasteiger partial charge on any atom is -0.346 e. The summed E-state index contributed by atoms with van der Waals surface area (Å²) in [5.74, 6) is 0.385. The summed E-state index contributed by atoms with van der Waals surface area (Å²) in [6.07, 6.45) is 5.07. The highest BCUT2D eigenvalue weighted by Crippen LogP contribution is 2.32. The van der Waals surface area contributed by atoms with Gasteiger partial charge in [-0.2, -0.15) is 5.26 Å². The van der Waals surface area contributed by atoms with Gasteiger partial charge in [0.25, 0.3) is 5.91 Å². The number of pyridine rings is 1. The van der Waals surface area contributed by atoms with E-state index in [1.165, 1.54) is 6.33 Å². The van der Waals surface area contributed by atoms with E-state index in [-0.39, 0.29) is 5.91 Å². The second-order valence-corrected chi connectivity index (χ2v) is 9.29. The Hall–Kier alpha value is -5.03. The van der Waals surface area contributed by atoms with Crippen molar-refractivity contribution >= 4 is 34.1 Å². The fourth-order valence-electron chi connectivity index (χ4n) is 4.29. The van der Waals surface area contributed by atoms with Crippen LogP contribution in [0.25, 0.3) is 22.3 Å². The second kappa shape index (κ2) is 9.55. The van der Waals surface area contributed by atoms with Gasteiger partial charge in [0, 0.05) is 40.3 Å². The molecule has 0 unspecified atom stereocenters. The molecule has 0 aliphatic carbocycles. The first-order valence-electron chi connectivity index (χ1n) is 11.8. The average molecular weight is 488 g/mol. The molecule has 8 heteroatoms. The molecule has 8 nitrogen and oxygen atoms in total. The Morgan fingerprint density at radius 3 is 2.68 bits per heavy atom. The van der Waals surface area contributed by atoms with Crippen molar-refractivity contribution in [3.8, 4) is 17.3 Å². The highest BCUT2D eigenvalue weighted by molar-refractivity contribution is 6.04. The Bertz CT molecular complexity index is 1660. The number of anilines is 3. The van der Waals surface area contributed by atoms with Gasteiger partial charge >= 0.3 is 0 Å². The predicted molar refractivity (Wildman–Crippen MR) is 145 cm³/mol. The van der Waals surface area contributed by atoms with E-state index in [0.29, 0.717) is 17.1 Å². The Morgan fingerprint density at radius 1 is 1.00 bits per heavy atom. The number of hydrogen-bond donors (Lipinski definition) is 3. The van der Waals surface area contributed by atoms with Crippen LogP contribution in [0.5, 0.6) is 0 Å². The van der Waals surface area contributed by atoms with E-state index in [2.05, 4.69) is 36.6 Å². The van der Waals surface area contributed by atoms with Gasteiger partial charge < -0.3 is 15.6 Å². The normalized spacial score (nSPS) is 11.2. The van der Waals surface area contributed by atoms with Gasteiger partial charge in [0.1, 0.15) is 17.8 Å². The third-order valence-corrected chi connectivity index (χ3v) is 6.25. The maximum absolute atomic E-state index is 13.1. The molecule has 0 aliphatic rings. The van der Waals surface area contributed by atoms with Crippen molar-refractivity contribution in [3.63, 3.8) is 0 Å². The second-order valence-electron chi connectivity index (χ2n) is 9.29. The molecule has 0 saturated carbocycles. The third-order valence-electron chi connectivity index (χ3n) is 6.25. The van der Waals surface area contributed by atoms with Crippen molar-refractivity contribution in [1.82, 2.24) is 19.9 Å². The fraction of sp³-hybridized carbons (Fsp3) is 0.138. The zero-order chi connectivity index (χ0) is 26.0. The number of H-pyrrole nitrogens is 1. The molecule has 3 aromatic heterocycles. The third kappa shape index (κ3) is 4.75. The van der Waals surface area contributed by atoms with Gasteiger partial charge in [-0.3, -0.25) is 4.79 Å². The van der Waals surface area contributed by atoms with Crippen molar-refractivity contribution in [1.29, 1.82) is 5.26 Å². The van der Waals surface area contributed by atoms with Crippen molar-refractivity contribution in [2.24, 2.45) is 0 Å². The molecule has 0 saturated heterocycles. The number of nitrogens with one attached hydrogen (secondary N) is 3. The number of carbonyl (C=O) groups is 1. The molecule has 5 aromatic rings. The molecule has 0 atom stereocenters. The number of amides is 1. The fourth-order valence-corrected chi connectivity index (χ4v) is 4.29. The Morgan fingerprint density at radius 2 is 1.84 bits per heavy atom. The molecule has 0 radical (unpaired) electrons. The standard InChI is InChI=1S/C29H25N7O/c1-18-9-10-19(14-24(18)29(2,3)16-30)28(37)36-21-7-4-6-20(15-21)35-27-22(8-5-12-31-27)25-23-11-13-32-26(23)34-17-33-25/h4-15,17H,1-3H3,(H,31,35)(H,36,37)(H,32,33,34). The minimum atomic E-state index is -0.694. The van der Waals surface area contributed by atoms with E-state index < -0.39 is 5.41 Å². The van der Waals surface area contributed by atoms with Crippen LogP contribution >= 0.6 is 0 Å². The number of hydrogen-bond acceptors (Lipinski definition) is 6. The van der Waals surface area contributed by atoms with E-state index in [9.17, 15) is 10.1 Å². The number of aromatic amines is 1. The minimum absolute atomic E-state index is 0.249. The van der Waals surface area contributed by atoms with Crippen LogP contribution < -0.4 is 10.6 Å². The molecule has 182 valence electrons. The van der Waals surface area contributed by atoms with Crippen molar-refractivity contribution in [2.75, 3.05) is 10.6 Å². The van der Waals surface area contributed by atoms with Crippen LogP contribution in [0, 0.1) is 18.3 Å². The highest BCUT2D eigenvalue weighted by atomic mass is 16.1. The first-order chi connectivity index (χ1) is 17.9. The van der Waals surface area contributed by atoms with Crippen LogP contribution in [0.3, 0.4) is 0 Å². The van der Waals surface area contributed by atoms with Gasteiger partial charge in [-0.25, -0.2) is 15.0 Å². The lowest BCUT2D eigenvalue weighted by Gasteiger charge is -2.19. The lowest BCUT2D eigenvalue weighted by molar-refractivity contribution is 0.102. The lowest BCUT2D eigenvalue weighted by Crippen LogP contribution is -2.18. The number of aryl methyl sites for hydroxylation is 1. The van der Waals surface area contributed by atoms with Crippen LogP contribution in [-0.4, -0.2) is 25.8 Å². The molecule has 3 heterocycles. The van der Waals surface area contributed by atoms with Crippen LogP contribution in [0.4, 0.5) is 17.2 Å². The summed E-state index contributed by atoms with van der Waals surface area (Å²) in [5.41, 5.74) is 5.34. The summed E-state index contributed by atoms with van der Waals surface area (Å²) < 4.78 is 0. The molecule has 3 N–H and O–H groups in total. The van der Waals surface area contributed by atoms with Crippen LogP contribution in [0.15, 0.2) is 79.4 Å². The molecule has 1 amide bonds. The summed E-state index contributed by atoms with van der Waals surface area (Å²) in [4.78, 5) is 29.5. The van der Waals surface area contributed by atoms with Gasteiger partial charge in [0.15, 0.2) is 0 Å². The van der Waals surface area contributed by atoms with Crippen molar-refractivity contribution in [3.05, 3.63) is 96.1 Å². The highest BCUT2D eigenvalue weighted by Gasteiger charge is 2.23. The van der Waals surface area contributed by atoms with E-state index in [4.69, 9.17) is 0 Å². The topological polar surface area (TPSA) is 119 Å². The number of benzene rings is 2. The Labute approximate surface area is 214 Å². The quantitative estimate of drug-likeness (QED) is 0.265. The summed E-state index contributed by atoms with van der Waals surface area (Å²) in [6.45, 7) is 5.64. The smallest absolute Gasteiger partial charge is 0.255 e. The summed E-state index contributed by atoms with van der Waals surface area (Å²) in [6, 6.07) is 20.9. The monoisotopic (exact) mass is 487 g/mol. The number of carbonyl (C=O) groups excluding carboxylic acids is 1. The van der Waals surface area contributed by atoms with E-state index in [1.807, 2.05) is 75.5 Å². The molecule has 0 aliphatic heterocycles. The summed E-state index contributed by atoms with van der Waals surface area (Å²) in [5, 5.41) is 16.8. The van der Waals surface area contributed by atoms with Crippen molar-refractivity contribution < 1.29 is 4.79 Å².